The monoisotopic (exact) mass is 250 g/mol. The summed E-state index contributed by atoms with van der Waals surface area (Å²) in [6.45, 7) is 0. The standard InChI is InChI=1S/C3HF7O3S/c4-1(2(5,6)7,3(8,9)10)14(11,12)13/h(H,11,12,13). The highest BCUT2D eigenvalue weighted by Gasteiger charge is 2.80. The Labute approximate surface area is 72.3 Å². The van der Waals surface area contributed by atoms with Crippen molar-refractivity contribution in [2.75, 3.05) is 0 Å². The average molecular weight is 250 g/mol. The molecular formula is C3HF7O3S. The number of rotatable bonds is 1. The van der Waals surface area contributed by atoms with Gasteiger partial charge in [0.05, 0.1) is 0 Å². The van der Waals surface area contributed by atoms with Gasteiger partial charge in [0.1, 0.15) is 0 Å². The minimum absolute atomic E-state index is 6.66. The molecule has 0 aromatic carbocycles. The van der Waals surface area contributed by atoms with Gasteiger partial charge in [-0.05, 0) is 0 Å². The van der Waals surface area contributed by atoms with Crippen LogP contribution in [0.25, 0.3) is 0 Å². The number of alkyl halides is 7. The van der Waals surface area contributed by atoms with E-state index in [0.717, 1.165) is 0 Å². The van der Waals surface area contributed by atoms with Crippen molar-refractivity contribution in [1.82, 2.24) is 0 Å². The van der Waals surface area contributed by atoms with Crippen molar-refractivity contribution in [2.45, 2.75) is 17.4 Å². The van der Waals surface area contributed by atoms with E-state index in [1.165, 1.54) is 0 Å². The van der Waals surface area contributed by atoms with Crippen molar-refractivity contribution in [1.29, 1.82) is 0 Å². The Morgan fingerprint density at radius 1 is 0.786 bits per heavy atom. The van der Waals surface area contributed by atoms with Crippen LogP contribution in [0.1, 0.15) is 0 Å². The minimum Gasteiger partial charge on any atom is -0.283 e. The van der Waals surface area contributed by atoms with Crippen LogP contribution in [0.15, 0.2) is 0 Å². The van der Waals surface area contributed by atoms with Crippen molar-refractivity contribution >= 4 is 10.1 Å². The summed E-state index contributed by atoms with van der Waals surface area (Å²) in [6, 6.07) is 0. The SMILES string of the molecule is O=S(=O)(O)C(F)(C(F)(F)F)C(F)(F)F. The zero-order valence-electron chi connectivity index (χ0n) is 5.82. The van der Waals surface area contributed by atoms with Crippen LogP contribution < -0.4 is 0 Å². The first-order chi connectivity index (χ1) is 5.75. The first-order valence-corrected chi connectivity index (χ1v) is 3.98. The lowest BCUT2D eigenvalue weighted by atomic mass is 10.3. The van der Waals surface area contributed by atoms with Crippen LogP contribution in [0.3, 0.4) is 0 Å². The van der Waals surface area contributed by atoms with Gasteiger partial charge in [-0.2, -0.15) is 34.8 Å². The molecule has 0 saturated heterocycles. The maximum atomic E-state index is 12.2. The van der Waals surface area contributed by atoms with E-state index in [1.807, 2.05) is 0 Å². The summed E-state index contributed by atoms with van der Waals surface area (Å²) in [5.41, 5.74) is 0. The van der Waals surface area contributed by atoms with Crippen molar-refractivity contribution in [3.63, 3.8) is 0 Å². The summed E-state index contributed by atoms with van der Waals surface area (Å²) < 4.78 is 108. The van der Waals surface area contributed by atoms with Gasteiger partial charge in [0.25, 0.3) is 0 Å². The fourth-order valence-corrected chi connectivity index (χ4v) is 1.04. The molecule has 0 aromatic heterocycles. The van der Waals surface area contributed by atoms with Gasteiger partial charge >= 0.3 is 27.5 Å². The predicted molar refractivity (Wildman–Crippen MR) is 27.5 cm³/mol. The zero-order chi connectivity index (χ0) is 12.0. The first-order valence-electron chi connectivity index (χ1n) is 2.54. The second-order valence-corrected chi connectivity index (χ2v) is 3.58. The van der Waals surface area contributed by atoms with Crippen LogP contribution >= 0.6 is 0 Å². The molecule has 0 radical (unpaired) electrons. The Hall–Kier alpha value is -0.580. The Morgan fingerprint density at radius 3 is 1.00 bits per heavy atom. The van der Waals surface area contributed by atoms with Crippen molar-refractivity contribution in [3.05, 3.63) is 0 Å². The van der Waals surface area contributed by atoms with Crippen LogP contribution in [0.2, 0.25) is 0 Å². The number of hydrogen-bond acceptors (Lipinski definition) is 2. The minimum atomic E-state index is -7.00. The highest BCUT2D eigenvalue weighted by Crippen LogP contribution is 2.49. The number of halogens is 7. The third-order valence-electron chi connectivity index (χ3n) is 1.08. The molecule has 0 saturated carbocycles. The van der Waals surface area contributed by atoms with Crippen LogP contribution in [0, 0.1) is 0 Å². The van der Waals surface area contributed by atoms with Gasteiger partial charge in [-0.1, -0.05) is 0 Å². The van der Waals surface area contributed by atoms with Crippen LogP contribution in [-0.4, -0.2) is 30.3 Å². The van der Waals surface area contributed by atoms with Gasteiger partial charge in [0.2, 0.25) is 0 Å². The molecule has 1 N–H and O–H groups in total. The lowest BCUT2D eigenvalue weighted by molar-refractivity contribution is -0.307. The fourth-order valence-electron chi connectivity index (χ4n) is 0.453. The van der Waals surface area contributed by atoms with E-state index in [9.17, 15) is 39.2 Å². The summed E-state index contributed by atoms with van der Waals surface area (Å²) in [5, 5.41) is -6.66. The van der Waals surface area contributed by atoms with Crippen LogP contribution in [-0.2, 0) is 10.1 Å². The molecule has 14 heavy (non-hydrogen) atoms. The largest absolute Gasteiger partial charge is 0.449 e. The molecule has 0 aliphatic heterocycles. The summed E-state index contributed by atoms with van der Waals surface area (Å²) in [7, 11) is -7.00. The normalized spacial score (nSPS) is 15.7. The van der Waals surface area contributed by atoms with Gasteiger partial charge in [-0.3, -0.25) is 4.55 Å². The fraction of sp³-hybridized carbons (Fsp3) is 1.00. The quantitative estimate of drug-likeness (QED) is 0.568. The third kappa shape index (κ3) is 1.78. The lowest BCUT2D eigenvalue weighted by Gasteiger charge is -2.26. The maximum absolute atomic E-state index is 12.2. The summed E-state index contributed by atoms with van der Waals surface area (Å²) in [4.78, 5) is 0. The van der Waals surface area contributed by atoms with Crippen LogP contribution in [0.4, 0.5) is 30.7 Å². The Balaban J connectivity index is 5.81. The van der Waals surface area contributed by atoms with Gasteiger partial charge in [0, 0.05) is 0 Å². The molecule has 0 aliphatic rings. The highest BCUT2D eigenvalue weighted by atomic mass is 32.2. The summed E-state index contributed by atoms with van der Waals surface area (Å²) in [6.07, 6.45) is -13.6. The van der Waals surface area contributed by atoms with Gasteiger partial charge in [0.15, 0.2) is 0 Å². The molecule has 3 nitrogen and oxygen atoms in total. The topological polar surface area (TPSA) is 54.4 Å². The molecule has 0 aliphatic carbocycles. The summed E-state index contributed by atoms with van der Waals surface area (Å²) >= 11 is 0. The predicted octanol–water partition coefficient (Wildman–Crippen LogP) is 1.66. The Bertz CT molecular complexity index is 296. The van der Waals surface area contributed by atoms with Gasteiger partial charge in [-0.25, -0.2) is 4.39 Å². The molecule has 0 aromatic rings. The second-order valence-electron chi connectivity index (χ2n) is 2.07. The third-order valence-corrected chi connectivity index (χ3v) is 2.26. The van der Waals surface area contributed by atoms with E-state index in [4.69, 9.17) is 4.55 Å². The van der Waals surface area contributed by atoms with Gasteiger partial charge in [-0.15, -0.1) is 0 Å². The summed E-state index contributed by atoms with van der Waals surface area (Å²) in [5.74, 6) is 0. The molecule has 0 unspecified atom stereocenters. The zero-order valence-corrected chi connectivity index (χ0v) is 6.63. The van der Waals surface area contributed by atoms with Crippen molar-refractivity contribution < 1.29 is 43.7 Å². The molecule has 0 atom stereocenters. The van der Waals surface area contributed by atoms with Crippen molar-refractivity contribution in [2.24, 2.45) is 0 Å². The molecule has 0 heterocycles. The molecule has 0 fully saturated rings. The molecular weight excluding hydrogens is 249 g/mol. The molecule has 0 rings (SSSR count). The molecule has 11 heteroatoms. The average Bonchev–Trinajstić information content (AvgIpc) is 1.77. The highest BCUT2D eigenvalue weighted by molar-refractivity contribution is 7.87. The second kappa shape index (κ2) is 2.95. The maximum Gasteiger partial charge on any atom is 0.449 e. The van der Waals surface area contributed by atoms with Crippen molar-refractivity contribution in [3.8, 4) is 0 Å². The van der Waals surface area contributed by atoms with E-state index < -0.39 is 27.5 Å². The molecule has 86 valence electrons. The lowest BCUT2D eigenvalue weighted by Crippen LogP contribution is -2.58. The van der Waals surface area contributed by atoms with Crippen LogP contribution in [0.5, 0.6) is 0 Å². The van der Waals surface area contributed by atoms with E-state index in [-0.39, 0.29) is 0 Å². The van der Waals surface area contributed by atoms with E-state index in [1.54, 1.807) is 0 Å². The molecule has 0 bridgehead atoms. The van der Waals surface area contributed by atoms with E-state index in [2.05, 4.69) is 0 Å². The number of hydrogen-bond donors (Lipinski definition) is 1. The van der Waals surface area contributed by atoms with Gasteiger partial charge < -0.3 is 0 Å². The first kappa shape index (κ1) is 13.4. The Kier molecular flexibility index (Phi) is 2.83. The smallest absolute Gasteiger partial charge is 0.283 e. The molecule has 0 spiro atoms. The molecule has 0 amide bonds. The van der Waals surface area contributed by atoms with E-state index in [0.29, 0.717) is 0 Å². The van der Waals surface area contributed by atoms with E-state index >= 15 is 0 Å². The Morgan fingerprint density at radius 2 is 1.00 bits per heavy atom.